The van der Waals surface area contributed by atoms with E-state index in [2.05, 4.69) is 30.8 Å². The van der Waals surface area contributed by atoms with Gasteiger partial charge in [0, 0.05) is 23.5 Å². The van der Waals surface area contributed by atoms with Crippen LogP contribution in [-0.4, -0.2) is 29.7 Å². The van der Waals surface area contributed by atoms with Crippen LogP contribution < -0.4 is 0 Å². The van der Waals surface area contributed by atoms with Crippen molar-refractivity contribution in [3.05, 3.63) is 48.0 Å². The molecule has 18 heavy (non-hydrogen) atoms. The van der Waals surface area contributed by atoms with E-state index in [-0.39, 0.29) is 6.29 Å². The highest BCUT2D eigenvalue weighted by Crippen LogP contribution is 2.23. The zero-order valence-corrected chi connectivity index (χ0v) is 13.7. The first-order valence-electron chi connectivity index (χ1n) is 6.64. The minimum absolute atomic E-state index is 0.244. The van der Waals surface area contributed by atoms with Gasteiger partial charge in [0.1, 0.15) is 0 Å². The maximum Gasteiger partial charge on any atom is 0.179 e. The average molecular weight is 264 g/mol. The first-order valence-corrected chi connectivity index (χ1v) is 7.80. The van der Waals surface area contributed by atoms with Crippen LogP contribution in [0.5, 0.6) is 0 Å². The third-order valence-electron chi connectivity index (χ3n) is 2.96. The van der Waals surface area contributed by atoms with E-state index in [1.807, 2.05) is 19.9 Å². The van der Waals surface area contributed by atoms with Gasteiger partial charge < -0.3 is 9.47 Å². The van der Waals surface area contributed by atoms with E-state index in [0.717, 1.165) is 22.2 Å². The lowest BCUT2D eigenvalue weighted by atomic mass is 10.0. The summed E-state index contributed by atoms with van der Waals surface area (Å²) >= 11 is 0. The van der Waals surface area contributed by atoms with Crippen LogP contribution in [0.2, 0.25) is 5.54 Å². The van der Waals surface area contributed by atoms with Gasteiger partial charge in [-0.05, 0) is 36.9 Å². The summed E-state index contributed by atoms with van der Waals surface area (Å²) in [7, 11) is 1.06. The minimum Gasteiger partial charge on any atom is -0.349 e. The number of ether oxygens (including phenoxy) is 2. The molecule has 0 aliphatic rings. The van der Waals surface area contributed by atoms with Crippen molar-refractivity contribution >= 4 is 10.2 Å². The highest BCUT2D eigenvalue weighted by molar-refractivity contribution is 6.13. The smallest absolute Gasteiger partial charge is 0.179 e. The highest BCUT2D eigenvalue weighted by Gasteiger charge is 2.18. The van der Waals surface area contributed by atoms with Crippen LogP contribution in [0.25, 0.3) is 0 Å². The Morgan fingerprint density at radius 2 is 1.72 bits per heavy atom. The Labute approximate surface area is 113 Å². The lowest BCUT2D eigenvalue weighted by molar-refractivity contribution is -0.112. The van der Waals surface area contributed by atoms with E-state index in [9.17, 15) is 0 Å². The largest absolute Gasteiger partial charge is 0.349 e. The normalized spacial score (nSPS) is 12.8. The molecule has 0 aliphatic heterocycles. The van der Waals surface area contributed by atoms with Crippen LogP contribution in [-0.2, 0) is 15.9 Å². The maximum absolute atomic E-state index is 5.60. The summed E-state index contributed by atoms with van der Waals surface area (Å²) in [6.45, 7) is 9.45. The molecule has 1 unspecified atom stereocenters. The van der Waals surface area contributed by atoms with E-state index in [1.54, 1.807) is 0 Å². The first kappa shape index (κ1) is 15.2. The van der Waals surface area contributed by atoms with Crippen molar-refractivity contribution in [2.45, 2.75) is 32.1 Å². The SMILES string of the molecule is C=C(C([SiH3])Cc1ccccc1)C(OCC)OCC. The third kappa shape index (κ3) is 4.76. The molecule has 0 saturated carbocycles. The van der Waals surface area contributed by atoms with Crippen molar-refractivity contribution in [1.29, 1.82) is 0 Å². The number of benzene rings is 1. The fourth-order valence-electron chi connectivity index (χ4n) is 1.90. The molecule has 0 fully saturated rings. The molecule has 1 rings (SSSR count). The molecule has 100 valence electrons. The van der Waals surface area contributed by atoms with Crippen LogP contribution in [0.15, 0.2) is 42.5 Å². The van der Waals surface area contributed by atoms with Gasteiger partial charge in [-0.2, -0.15) is 0 Å². The number of hydrogen-bond donors (Lipinski definition) is 0. The molecule has 0 saturated heterocycles. The fraction of sp³-hybridized carbons (Fsp3) is 0.467. The van der Waals surface area contributed by atoms with Crippen molar-refractivity contribution in [3.63, 3.8) is 0 Å². The summed E-state index contributed by atoms with van der Waals surface area (Å²) in [6.07, 6.45) is 0.786. The Balaban J connectivity index is 2.58. The van der Waals surface area contributed by atoms with Gasteiger partial charge in [-0.1, -0.05) is 36.9 Å². The summed E-state index contributed by atoms with van der Waals surface area (Å²) < 4.78 is 11.2. The highest BCUT2D eigenvalue weighted by atomic mass is 28.1. The number of rotatable bonds is 8. The van der Waals surface area contributed by atoms with Crippen LogP contribution in [0.3, 0.4) is 0 Å². The van der Waals surface area contributed by atoms with Crippen LogP contribution in [0, 0.1) is 0 Å². The third-order valence-corrected chi connectivity index (χ3v) is 4.11. The summed E-state index contributed by atoms with van der Waals surface area (Å²) in [5.41, 5.74) is 2.91. The topological polar surface area (TPSA) is 18.5 Å². The first-order chi connectivity index (χ1) is 8.69. The molecule has 1 atom stereocenters. The fourth-order valence-corrected chi connectivity index (χ4v) is 2.64. The Morgan fingerprint density at radius 3 is 2.22 bits per heavy atom. The Hall–Kier alpha value is -0.903. The summed E-state index contributed by atoms with van der Waals surface area (Å²) in [5.74, 6) is 0. The average Bonchev–Trinajstić information content (AvgIpc) is 2.39. The molecule has 0 aromatic heterocycles. The van der Waals surface area contributed by atoms with E-state index in [0.29, 0.717) is 18.8 Å². The summed E-state index contributed by atoms with van der Waals surface area (Å²) in [5, 5.41) is 0. The predicted molar refractivity (Wildman–Crippen MR) is 80.0 cm³/mol. The molecule has 1 aromatic carbocycles. The van der Waals surface area contributed by atoms with Gasteiger partial charge in [0.2, 0.25) is 0 Å². The van der Waals surface area contributed by atoms with Gasteiger partial charge >= 0.3 is 0 Å². The molecule has 0 radical (unpaired) electrons. The van der Waals surface area contributed by atoms with Gasteiger partial charge in [-0.15, -0.1) is 0 Å². The van der Waals surface area contributed by atoms with Gasteiger partial charge in [0.25, 0.3) is 0 Å². The van der Waals surface area contributed by atoms with Gasteiger partial charge in [-0.3, -0.25) is 0 Å². The molecule has 1 aromatic rings. The standard InChI is InChI=1S/C15H24O2Si/c1-4-16-15(17-5-2)12(3)14(18)11-13-9-7-6-8-10-13/h6-10,14-15H,3-5,11H2,1-2,18H3. The van der Waals surface area contributed by atoms with Gasteiger partial charge in [0.05, 0.1) is 0 Å². The molecule has 0 heterocycles. The van der Waals surface area contributed by atoms with Crippen molar-refractivity contribution in [3.8, 4) is 0 Å². The maximum atomic E-state index is 5.60. The van der Waals surface area contributed by atoms with Crippen LogP contribution in [0.1, 0.15) is 19.4 Å². The van der Waals surface area contributed by atoms with Gasteiger partial charge in [0.15, 0.2) is 6.29 Å². The molecule has 0 amide bonds. The number of hydrogen-bond acceptors (Lipinski definition) is 2. The zero-order chi connectivity index (χ0) is 13.4. The lowest BCUT2D eigenvalue weighted by Gasteiger charge is -2.24. The Bertz CT molecular complexity index is 345. The second-order valence-corrected chi connectivity index (χ2v) is 5.80. The van der Waals surface area contributed by atoms with E-state index >= 15 is 0 Å². The quantitative estimate of drug-likeness (QED) is 0.408. The van der Waals surface area contributed by atoms with E-state index in [1.165, 1.54) is 5.56 Å². The second kappa shape index (κ2) is 8.24. The van der Waals surface area contributed by atoms with Crippen molar-refractivity contribution < 1.29 is 9.47 Å². The predicted octanol–water partition coefficient (Wildman–Crippen LogP) is 2.34. The molecule has 0 bridgehead atoms. The Kier molecular flexibility index (Phi) is 6.94. The van der Waals surface area contributed by atoms with Crippen molar-refractivity contribution in [1.82, 2.24) is 0 Å². The monoisotopic (exact) mass is 264 g/mol. The molecule has 3 heteroatoms. The molecule has 0 N–H and O–H groups in total. The van der Waals surface area contributed by atoms with E-state index in [4.69, 9.17) is 9.47 Å². The lowest BCUT2D eigenvalue weighted by Crippen LogP contribution is -2.23. The van der Waals surface area contributed by atoms with Gasteiger partial charge in [-0.25, -0.2) is 0 Å². The summed E-state index contributed by atoms with van der Waals surface area (Å²) in [6, 6.07) is 10.5. The van der Waals surface area contributed by atoms with Crippen LogP contribution >= 0.6 is 0 Å². The van der Waals surface area contributed by atoms with Crippen LogP contribution in [0.4, 0.5) is 0 Å². The summed E-state index contributed by atoms with van der Waals surface area (Å²) in [4.78, 5) is 0. The molecule has 0 aliphatic carbocycles. The minimum atomic E-state index is -0.244. The molecular formula is C15H24O2Si. The molecule has 0 spiro atoms. The molecule has 2 nitrogen and oxygen atoms in total. The van der Waals surface area contributed by atoms with Crippen molar-refractivity contribution in [2.75, 3.05) is 13.2 Å². The second-order valence-electron chi connectivity index (χ2n) is 4.41. The van der Waals surface area contributed by atoms with Crippen molar-refractivity contribution in [2.24, 2.45) is 0 Å². The molecular weight excluding hydrogens is 240 g/mol. The Morgan fingerprint density at radius 1 is 1.17 bits per heavy atom. The van der Waals surface area contributed by atoms with E-state index < -0.39 is 0 Å². The zero-order valence-electron chi connectivity index (χ0n) is 11.7.